The first-order chi connectivity index (χ1) is 11.4. The van der Waals surface area contributed by atoms with Crippen LogP contribution in [0.4, 0.5) is 0 Å². The number of aliphatic imine (C=N–C) groups is 1. The summed E-state index contributed by atoms with van der Waals surface area (Å²) in [6.07, 6.45) is 4.83. The first-order valence-corrected chi connectivity index (χ1v) is 9.94. The molecule has 2 rings (SSSR count). The van der Waals surface area contributed by atoms with Gasteiger partial charge in [-0.2, -0.15) is 0 Å². The van der Waals surface area contributed by atoms with Crippen molar-refractivity contribution in [3.8, 4) is 0 Å². The molecule has 1 aromatic carbocycles. The Hall–Kier alpha value is -1.60. The maximum Gasteiger partial charge on any atom is 0.242 e. The average molecular weight is 353 g/mol. The van der Waals surface area contributed by atoms with Gasteiger partial charge in [-0.3, -0.25) is 0 Å². The van der Waals surface area contributed by atoms with Crippen LogP contribution in [0.15, 0.2) is 34.2 Å². The second-order valence-electron chi connectivity index (χ2n) is 6.22. The molecule has 0 aromatic heterocycles. The number of hydrogen-bond acceptors (Lipinski definition) is 3. The molecule has 134 valence electrons. The zero-order valence-electron chi connectivity index (χ0n) is 14.7. The van der Waals surface area contributed by atoms with Gasteiger partial charge in [0.1, 0.15) is 0 Å². The highest BCUT2D eigenvalue weighted by Crippen LogP contribution is 2.20. The molecular formula is C17H28N4O2S. The van der Waals surface area contributed by atoms with Crippen LogP contribution in [0.25, 0.3) is 0 Å². The van der Waals surface area contributed by atoms with Crippen LogP contribution < -0.4 is 10.6 Å². The van der Waals surface area contributed by atoms with E-state index in [1.54, 1.807) is 26.2 Å². The van der Waals surface area contributed by atoms with Gasteiger partial charge in [-0.1, -0.05) is 31.0 Å². The van der Waals surface area contributed by atoms with Gasteiger partial charge in [0.15, 0.2) is 5.96 Å². The van der Waals surface area contributed by atoms with E-state index in [-0.39, 0.29) is 0 Å². The zero-order valence-corrected chi connectivity index (χ0v) is 15.6. The molecule has 24 heavy (non-hydrogen) atoms. The minimum Gasteiger partial charge on any atom is -0.357 e. The van der Waals surface area contributed by atoms with Crippen LogP contribution in [-0.2, 0) is 16.6 Å². The number of hydrogen-bond donors (Lipinski definition) is 2. The second kappa shape index (κ2) is 8.48. The summed E-state index contributed by atoms with van der Waals surface area (Å²) in [7, 11) is -0.381. The lowest BCUT2D eigenvalue weighted by molar-refractivity contribution is 0.519. The fraction of sp³-hybridized carbons (Fsp3) is 0.588. The monoisotopic (exact) mass is 352 g/mol. The second-order valence-corrected chi connectivity index (χ2v) is 8.34. The summed E-state index contributed by atoms with van der Waals surface area (Å²) in [5, 5.41) is 6.69. The van der Waals surface area contributed by atoms with Crippen LogP contribution in [0.1, 0.15) is 38.2 Å². The third kappa shape index (κ3) is 4.70. The van der Waals surface area contributed by atoms with E-state index in [0.29, 0.717) is 23.0 Å². The molecule has 1 aliphatic rings. The molecule has 0 radical (unpaired) electrons. The Morgan fingerprint density at radius 3 is 2.54 bits per heavy atom. The van der Waals surface area contributed by atoms with Crippen LogP contribution >= 0.6 is 0 Å². The van der Waals surface area contributed by atoms with Crippen LogP contribution in [0.2, 0.25) is 0 Å². The highest BCUT2D eigenvalue weighted by Gasteiger charge is 2.21. The highest BCUT2D eigenvalue weighted by atomic mass is 32.2. The van der Waals surface area contributed by atoms with Crippen LogP contribution in [-0.4, -0.2) is 45.4 Å². The maximum atomic E-state index is 12.4. The van der Waals surface area contributed by atoms with Gasteiger partial charge in [0.05, 0.1) is 11.4 Å². The molecule has 0 spiro atoms. The van der Waals surface area contributed by atoms with Crippen molar-refractivity contribution in [3.05, 3.63) is 29.8 Å². The molecule has 7 heteroatoms. The molecule has 1 aliphatic carbocycles. The van der Waals surface area contributed by atoms with Gasteiger partial charge in [0.25, 0.3) is 0 Å². The van der Waals surface area contributed by atoms with E-state index in [1.807, 2.05) is 19.1 Å². The Labute approximate surface area is 145 Å². The predicted molar refractivity (Wildman–Crippen MR) is 97.5 cm³/mol. The molecule has 1 saturated carbocycles. The molecular weight excluding hydrogens is 324 g/mol. The molecule has 1 fully saturated rings. The van der Waals surface area contributed by atoms with E-state index in [0.717, 1.165) is 25.3 Å². The minimum atomic E-state index is -3.47. The fourth-order valence-electron chi connectivity index (χ4n) is 2.83. The number of guanidine groups is 1. The third-order valence-corrected chi connectivity index (χ3v) is 6.09. The van der Waals surface area contributed by atoms with E-state index in [2.05, 4.69) is 15.6 Å². The third-order valence-electron chi connectivity index (χ3n) is 4.18. The number of nitrogens with one attached hydrogen (secondary N) is 2. The van der Waals surface area contributed by atoms with Crippen molar-refractivity contribution in [2.24, 2.45) is 4.99 Å². The molecule has 0 aliphatic heterocycles. The van der Waals surface area contributed by atoms with Crippen molar-refractivity contribution in [3.63, 3.8) is 0 Å². The lowest BCUT2D eigenvalue weighted by Gasteiger charge is -2.17. The molecule has 0 atom stereocenters. The lowest BCUT2D eigenvalue weighted by atomic mass is 10.2. The molecule has 0 saturated heterocycles. The summed E-state index contributed by atoms with van der Waals surface area (Å²) >= 11 is 0. The number of benzene rings is 1. The molecule has 2 N–H and O–H groups in total. The Morgan fingerprint density at radius 2 is 1.92 bits per heavy atom. The van der Waals surface area contributed by atoms with Gasteiger partial charge in [-0.15, -0.1) is 0 Å². The zero-order chi connectivity index (χ0) is 17.6. The van der Waals surface area contributed by atoms with E-state index in [4.69, 9.17) is 0 Å². The van der Waals surface area contributed by atoms with E-state index >= 15 is 0 Å². The predicted octanol–water partition coefficient (Wildman–Crippen LogP) is 1.93. The molecule has 0 bridgehead atoms. The van der Waals surface area contributed by atoms with E-state index < -0.39 is 10.0 Å². The SMILES string of the molecule is CCNC(=NCc1ccccc1S(=O)(=O)N(C)C)NC1CCCC1. The van der Waals surface area contributed by atoms with E-state index in [9.17, 15) is 8.42 Å². The average Bonchev–Trinajstić information content (AvgIpc) is 3.06. The fourth-order valence-corrected chi connectivity index (χ4v) is 3.94. The van der Waals surface area contributed by atoms with Crippen molar-refractivity contribution in [2.75, 3.05) is 20.6 Å². The first-order valence-electron chi connectivity index (χ1n) is 8.50. The Balaban J connectivity index is 2.19. The highest BCUT2D eigenvalue weighted by molar-refractivity contribution is 7.89. The van der Waals surface area contributed by atoms with Crippen LogP contribution in [0.5, 0.6) is 0 Å². The maximum absolute atomic E-state index is 12.4. The van der Waals surface area contributed by atoms with Gasteiger partial charge in [-0.25, -0.2) is 17.7 Å². The molecule has 0 amide bonds. The van der Waals surface area contributed by atoms with Crippen molar-refractivity contribution < 1.29 is 8.42 Å². The smallest absolute Gasteiger partial charge is 0.242 e. The van der Waals surface area contributed by atoms with Crippen molar-refractivity contribution >= 4 is 16.0 Å². The van der Waals surface area contributed by atoms with Crippen LogP contribution in [0.3, 0.4) is 0 Å². The Kier molecular flexibility index (Phi) is 6.62. The summed E-state index contributed by atoms with van der Waals surface area (Å²) in [4.78, 5) is 4.91. The summed E-state index contributed by atoms with van der Waals surface area (Å²) in [6, 6.07) is 7.50. The topological polar surface area (TPSA) is 73.8 Å². The van der Waals surface area contributed by atoms with Gasteiger partial charge in [0, 0.05) is 26.7 Å². The van der Waals surface area contributed by atoms with Crippen LogP contribution in [0, 0.1) is 0 Å². The Morgan fingerprint density at radius 1 is 1.25 bits per heavy atom. The van der Waals surface area contributed by atoms with Crippen molar-refractivity contribution in [2.45, 2.75) is 50.1 Å². The molecule has 0 unspecified atom stereocenters. The molecule has 1 aromatic rings. The quantitative estimate of drug-likeness (QED) is 0.606. The normalized spacial score (nSPS) is 16.6. The number of nitrogens with zero attached hydrogens (tertiary/aromatic N) is 2. The largest absolute Gasteiger partial charge is 0.357 e. The minimum absolute atomic E-state index is 0.315. The van der Waals surface area contributed by atoms with Gasteiger partial charge < -0.3 is 10.6 Å². The van der Waals surface area contributed by atoms with Gasteiger partial charge in [-0.05, 0) is 31.4 Å². The van der Waals surface area contributed by atoms with Gasteiger partial charge >= 0.3 is 0 Å². The van der Waals surface area contributed by atoms with Gasteiger partial charge in [0.2, 0.25) is 10.0 Å². The Bertz CT molecular complexity index is 665. The molecule has 0 heterocycles. The van der Waals surface area contributed by atoms with Crippen molar-refractivity contribution in [1.29, 1.82) is 0 Å². The summed E-state index contributed by atoms with van der Waals surface area (Å²) in [5.74, 6) is 0.751. The number of rotatable bonds is 6. The molecule has 6 nitrogen and oxygen atoms in total. The summed E-state index contributed by atoms with van der Waals surface area (Å²) in [5.41, 5.74) is 0.704. The van der Waals surface area contributed by atoms with Crippen molar-refractivity contribution in [1.82, 2.24) is 14.9 Å². The number of sulfonamides is 1. The lowest BCUT2D eigenvalue weighted by Crippen LogP contribution is -2.42. The summed E-state index contributed by atoms with van der Waals surface area (Å²) in [6.45, 7) is 3.12. The van der Waals surface area contributed by atoms with E-state index in [1.165, 1.54) is 17.1 Å². The first kappa shape index (κ1) is 18.7. The summed E-state index contributed by atoms with van der Waals surface area (Å²) < 4.78 is 26.1. The standard InChI is InChI=1S/C17H28N4O2S/c1-4-18-17(20-15-10-6-7-11-15)19-13-14-9-5-8-12-16(14)24(22,23)21(2)3/h5,8-9,12,15H,4,6-7,10-11,13H2,1-3H3,(H2,18,19,20).